The van der Waals surface area contributed by atoms with Gasteiger partial charge in [0.25, 0.3) is 5.22 Å². The first-order valence-electron chi connectivity index (χ1n) is 3.90. The summed E-state index contributed by atoms with van der Waals surface area (Å²) >= 11 is 1.23. The molecular weight excluding hydrogens is 188 g/mol. The van der Waals surface area contributed by atoms with Crippen LogP contribution in [0.3, 0.4) is 0 Å². The lowest BCUT2D eigenvalue weighted by Gasteiger charge is -2.01. The van der Waals surface area contributed by atoms with Crippen molar-refractivity contribution in [2.45, 2.75) is 31.2 Å². The number of amides is 1. The molecule has 2 N–H and O–H groups in total. The molecule has 1 aromatic heterocycles. The molecule has 1 aromatic rings. The van der Waals surface area contributed by atoms with Crippen LogP contribution in [0.4, 0.5) is 0 Å². The molecule has 13 heavy (non-hydrogen) atoms. The third-order valence-electron chi connectivity index (χ3n) is 1.69. The van der Waals surface area contributed by atoms with Gasteiger partial charge in [0.1, 0.15) is 5.76 Å². The Kier molecular flexibility index (Phi) is 2.98. The molecule has 0 saturated heterocycles. The average molecular weight is 200 g/mol. The van der Waals surface area contributed by atoms with Gasteiger partial charge >= 0.3 is 0 Å². The van der Waals surface area contributed by atoms with E-state index >= 15 is 0 Å². The topological polar surface area (TPSA) is 69.1 Å². The van der Waals surface area contributed by atoms with Crippen molar-refractivity contribution in [3.63, 3.8) is 0 Å². The largest absolute Gasteiger partial charge is 0.437 e. The van der Waals surface area contributed by atoms with E-state index in [1.54, 1.807) is 6.92 Å². The van der Waals surface area contributed by atoms with Gasteiger partial charge in [-0.1, -0.05) is 11.8 Å². The zero-order valence-corrected chi connectivity index (χ0v) is 8.64. The first-order chi connectivity index (χ1) is 6.00. The highest BCUT2D eigenvalue weighted by Gasteiger charge is 2.14. The maximum atomic E-state index is 10.7. The summed E-state index contributed by atoms with van der Waals surface area (Å²) in [6.45, 7) is 5.42. The van der Waals surface area contributed by atoms with Crippen LogP contribution >= 0.6 is 11.8 Å². The molecule has 0 saturated carbocycles. The lowest BCUT2D eigenvalue weighted by molar-refractivity contribution is -0.117. The zero-order chi connectivity index (χ0) is 10.0. The molecule has 0 aliphatic carbocycles. The van der Waals surface area contributed by atoms with E-state index in [4.69, 9.17) is 10.2 Å². The summed E-state index contributed by atoms with van der Waals surface area (Å²) in [6.07, 6.45) is 0. The monoisotopic (exact) mass is 200 g/mol. The Labute approximate surface area is 80.9 Å². The molecule has 4 nitrogen and oxygen atoms in total. The minimum Gasteiger partial charge on any atom is -0.437 e. The van der Waals surface area contributed by atoms with E-state index in [2.05, 4.69) is 4.98 Å². The molecule has 0 fully saturated rings. The first-order valence-corrected chi connectivity index (χ1v) is 4.78. The number of hydrogen-bond donors (Lipinski definition) is 1. The van der Waals surface area contributed by atoms with Gasteiger partial charge in [0.2, 0.25) is 5.91 Å². The van der Waals surface area contributed by atoms with E-state index in [1.165, 1.54) is 11.8 Å². The Hall–Kier alpha value is -0.970. The predicted molar refractivity (Wildman–Crippen MR) is 50.5 cm³/mol. The van der Waals surface area contributed by atoms with E-state index in [-0.39, 0.29) is 11.2 Å². The number of hydrogen-bond acceptors (Lipinski definition) is 4. The normalized spacial score (nSPS) is 12.8. The Morgan fingerprint density at radius 1 is 1.62 bits per heavy atom. The van der Waals surface area contributed by atoms with E-state index < -0.39 is 0 Å². The van der Waals surface area contributed by atoms with Gasteiger partial charge in [0.15, 0.2) is 0 Å². The smallest absolute Gasteiger partial charge is 0.256 e. The van der Waals surface area contributed by atoms with Gasteiger partial charge < -0.3 is 10.2 Å². The van der Waals surface area contributed by atoms with Crippen molar-refractivity contribution < 1.29 is 9.21 Å². The van der Waals surface area contributed by atoms with Gasteiger partial charge in [-0.25, -0.2) is 4.98 Å². The summed E-state index contributed by atoms with van der Waals surface area (Å²) in [6, 6.07) is 0. The highest BCUT2D eigenvalue weighted by molar-refractivity contribution is 8.00. The number of nitrogens with two attached hydrogens (primary N) is 1. The number of rotatable bonds is 3. The number of primary amides is 1. The summed E-state index contributed by atoms with van der Waals surface area (Å²) in [5.74, 6) is 0.415. The van der Waals surface area contributed by atoms with Crippen molar-refractivity contribution >= 4 is 17.7 Å². The van der Waals surface area contributed by atoms with Crippen molar-refractivity contribution in [3.05, 3.63) is 11.5 Å². The lowest BCUT2D eigenvalue weighted by Crippen LogP contribution is -2.22. The molecule has 0 spiro atoms. The van der Waals surface area contributed by atoms with Crippen LogP contribution in [-0.2, 0) is 4.79 Å². The number of carbonyl (C=O) groups is 1. The second kappa shape index (κ2) is 3.83. The summed E-state index contributed by atoms with van der Waals surface area (Å²) in [5.41, 5.74) is 5.95. The molecule has 1 atom stereocenters. The summed E-state index contributed by atoms with van der Waals surface area (Å²) in [4.78, 5) is 14.8. The molecule has 0 aliphatic heterocycles. The Balaban J connectivity index is 2.69. The molecule has 1 rings (SSSR count). The molecule has 0 aromatic carbocycles. The molecule has 0 aliphatic rings. The van der Waals surface area contributed by atoms with E-state index in [1.807, 2.05) is 13.8 Å². The molecule has 0 radical (unpaired) electrons. The zero-order valence-electron chi connectivity index (χ0n) is 7.83. The fourth-order valence-corrected chi connectivity index (χ4v) is 1.48. The van der Waals surface area contributed by atoms with Crippen molar-refractivity contribution in [1.29, 1.82) is 0 Å². The third kappa shape index (κ3) is 2.48. The molecule has 72 valence electrons. The second-order valence-electron chi connectivity index (χ2n) is 2.78. The van der Waals surface area contributed by atoms with Crippen molar-refractivity contribution in [2.24, 2.45) is 5.73 Å². The molecule has 1 heterocycles. The van der Waals surface area contributed by atoms with Crippen molar-refractivity contribution in [1.82, 2.24) is 4.98 Å². The van der Waals surface area contributed by atoms with E-state index in [9.17, 15) is 4.79 Å². The van der Waals surface area contributed by atoms with Crippen LogP contribution in [0.5, 0.6) is 0 Å². The van der Waals surface area contributed by atoms with Gasteiger partial charge in [0.05, 0.1) is 10.9 Å². The first kappa shape index (κ1) is 10.1. The van der Waals surface area contributed by atoms with Crippen LogP contribution in [0.15, 0.2) is 9.64 Å². The lowest BCUT2D eigenvalue weighted by atomic mass is 10.4. The second-order valence-corrected chi connectivity index (χ2v) is 4.08. The Morgan fingerprint density at radius 3 is 2.62 bits per heavy atom. The maximum Gasteiger partial charge on any atom is 0.256 e. The van der Waals surface area contributed by atoms with Crippen LogP contribution in [-0.4, -0.2) is 16.1 Å². The molecule has 5 heteroatoms. The Morgan fingerprint density at radius 2 is 2.23 bits per heavy atom. The van der Waals surface area contributed by atoms with Gasteiger partial charge in [-0.2, -0.15) is 0 Å². The molecular formula is C8H12N2O2S. The van der Waals surface area contributed by atoms with E-state index in [0.717, 1.165) is 11.5 Å². The van der Waals surface area contributed by atoms with Crippen LogP contribution in [0, 0.1) is 13.8 Å². The van der Waals surface area contributed by atoms with E-state index in [0.29, 0.717) is 5.22 Å². The summed E-state index contributed by atoms with van der Waals surface area (Å²) in [7, 11) is 0. The summed E-state index contributed by atoms with van der Waals surface area (Å²) in [5, 5.41) is 0.193. The quantitative estimate of drug-likeness (QED) is 0.746. The Bertz CT molecular complexity index is 302. The number of aromatic nitrogens is 1. The fraction of sp³-hybridized carbons (Fsp3) is 0.500. The highest BCUT2D eigenvalue weighted by atomic mass is 32.2. The van der Waals surface area contributed by atoms with Gasteiger partial charge in [-0.3, -0.25) is 4.79 Å². The number of nitrogens with zero attached hydrogens (tertiary/aromatic N) is 1. The average Bonchev–Trinajstić information content (AvgIpc) is 2.31. The fourth-order valence-electron chi connectivity index (χ4n) is 0.703. The molecule has 1 unspecified atom stereocenters. The van der Waals surface area contributed by atoms with Crippen LogP contribution in [0.2, 0.25) is 0 Å². The van der Waals surface area contributed by atoms with Crippen molar-refractivity contribution in [2.75, 3.05) is 0 Å². The van der Waals surface area contributed by atoms with Gasteiger partial charge in [-0.15, -0.1) is 0 Å². The predicted octanol–water partition coefficient (Wildman–Crippen LogP) is 1.26. The molecule has 1 amide bonds. The van der Waals surface area contributed by atoms with Crippen LogP contribution < -0.4 is 5.73 Å². The highest BCUT2D eigenvalue weighted by Crippen LogP contribution is 2.23. The van der Waals surface area contributed by atoms with Crippen LogP contribution in [0.1, 0.15) is 18.4 Å². The number of thioether (sulfide) groups is 1. The minimum atomic E-state index is -0.362. The van der Waals surface area contributed by atoms with Gasteiger partial charge in [-0.05, 0) is 20.8 Å². The third-order valence-corrected chi connectivity index (χ3v) is 2.65. The summed E-state index contributed by atoms with van der Waals surface area (Å²) < 4.78 is 5.28. The standard InChI is InChI=1S/C8H12N2O2S/c1-4-5(2)12-8(10-4)13-6(3)7(9)11/h6H,1-3H3,(H2,9,11). The van der Waals surface area contributed by atoms with Gasteiger partial charge in [0, 0.05) is 0 Å². The maximum absolute atomic E-state index is 10.7. The molecule has 0 bridgehead atoms. The van der Waals surface area contributed by atoms with Crippen LogP contribution in [0.25, 0.3) is 0 Å². The SMILES string of the molecule is Cc1nc(SC(C)C(N)=O)oc1C. The minimum absolute atomic E-state index is 0.308. The number of aryl methyl sites for hydroxylation is 2. The number of carbonyl (C=O) groups excluding carboxylic acids is 1. The van der Waals surface area contributed by atoms with Crippen molar-refractivity contribution in [3.8, 4) is 0 Å². The number of oxazole rings is 1.